The third-order valence-electron chi connectivity index (χ3n) is 2.39. The van der Waals surface area contributed by atoms with Crippen molar-refractivity contribution in [2.24, 2.45) is 0 Å². The number of thioether (sulfide) groups is 1. The van der Waals surface area contributed by atoms with Gasteiger partial charge in [-0.2, -0.15) is 9.36 Å². The fraction of sp³-hybridized carbons (Fsp3) is 0.250. The van der Waals surface area contributed by atoms with Gasteiger partial charge in [0.25, 0.3) is 0 Å². The Kier molecular flexibility index (Phi) is 5.18. The van der Waals surface area contributed by atoms with Crippen LogP contribution in [0.25, 0.3) is 0 Å². The topological polar surface area (TPSA) is 54.9 Å². The molecular weight excluding hydrogens is 302 g/mol. The molecule has 0 saturated carbocycles. The molecule has 4 nitrogen and oxygen atoms in total. The van der Waals surface area contributed by atoms with Gasteiger partial charge < -0.3 is 0 Å². The Morgan fingerprint density at radius 1 is 1.47 bits per heavy atom. The number of aryl methyl sites for hydroxylation is 1. The van der Waals surface area contributed by atoms with Crippen LogP contribution in [0.1, 0.15) is 11.1 Å². The van der Waals surface area contributed by atoms with Crippen molar-refractivity contribution in [3.05, 3.63) is 35.4 Å². The van der Waals surface area contributed by atoms with Crippen LogP contribution in [0.15, 0.2) is 29.4 Å². The number of hydrogen-bond donors (Lipinski definition) is 1. The quantitative estimate of drug-likeness (QED) is 0.679. The van der Waals surface area contributed by atoms with Gasteiger partial charge in [-0.3, -0.25) is 10.1 Å². The van der Waals surface area contributed by atoms with Crippen molar-refractivity contribution < 1.29 is 4.79 Å². The van der Waals surface area contributed by atoms with E-state index in [0.29, 0.717) is 10.3 Å². The van der Waals surface area contributed by atoms with Crippen LogP contribution in [0.5, 0.6) is 0 Å². The lowest BCUT2D eigenvalue weighted by Crippen LogP contribution is -2.12. The van der Waals surface area contributed by atoms with Crippen LogP contribution < -0.4 is 5.32 Å². The SMILES string of the molecule is Cc1ccccc1CSc1nsc(NC(=O)CCl)n1. The summed E-state index contributed by atoms with van der Waals surface area (Å²) in [5.74, 6) is 0.464. The summed E-state index contributed by atoms with van der Waals surface area (Å²) in [6.07, 6.45) is 0. The van der Waals surface area contributed by atoms with Gasteiger partial charge in [0.2, 0.25) is 16.2 Å². The fourth-order valence-electron chi connectivity index (χ4n) is 1.39. The van der Waals surface area contributed by atoms with Crippen molar-refractivity contribution in [1.29, 1.82) is 0 Å². The molecule has 0 aliphatic rings. The number of aromatic nitrogens is 2. The van der Waals surface area contributed by atoms with Gasteiger partial charge >= 0.3 is 0 Å². The van der Waals surface area contributed by atoms with Crippen LogP contribution >= 0.6 is 34.9 Å². The number of anilines is 1. The van der Waals surface area contributed by atoms with Gasteiger partial charge in [0.15, 0.2) is 0 Å². The second-order valence-electron chi connectivity index (χ2n) is 3.78. The highest BCUT2D eigenvalue weighted by Crippen LogP contribution is 2.24. The molecule has 0 aliphatic carbocycles. The molecule has 2 rings (SSSR count). The van der Waals surface area contributed by atoms with E-state index in [1.54, 1.807) is 11.8 Å². The molecule has 1 heterocycles. The van der Waals surface area contributed by atoms with Gasteiger partial charge in [-0.1, -0.05) is 36.0 Å². The number of halogens is 1. The number of nitrogens with zero attached hydrogens (tertiary/aromatic N) is 2. The molecule has 1 aromatic carbocycles. The van der Waals surface area contributed by atoms with Gasteiger partial charge in [-0.05, 0) is 18.1 Å². The first-order valence-electron chi connectivity index (χ1n) is 5.56. The van der Waals surface area contributed by atoms with Crippen molar-refractivity contribution in [3.8, 4) is 0 Å². The summed E-state index contributed by atoms with van der Waals surface area (Å²) in [6.45, 7) is 2.08. The van der Waals surface area contributed by atoms with Gasteiger partial charge in [-0.15, -0.1) is 11.6 Å². The molecular formula is C12H12ClN3OS2. The maximum atomic E-state index is 11.1. The lowest BCUT2D eigenvalue weighted by molar-refractivity contribution is -0.113. The highest BCUT2D eigenvalue weighted by Gasteiger charge is 2.08. The number of rotatable bonds is 5. The minimum Gasteiger partial charge on any atom is -0.300 e. The first-order valence-corrected chi connectivity index (χ1v) is 7.85. The summed E-state index contributed by atoms with van der Waals surface area (Å²) in [7, 11) is 0. The Balaban J connectivity index is 1.94. The molecule has 1 aromatic heterocycles. The van der Waals surface area contributed by atoms with Crippen LogP contribution in [0.4, 0.5) is 5.13 Å². The van der Waals surface area contributed by atoms with E-state index < -0.39 is 0 Å². The summed E-state index contributed by atoms with van der Waals surface area (Å²) in [6, 6.07) is 8.20. The van der Waals surface area contributed by atoms with E-state index in [4.69, 9.17) is 11.6 Å². The van der Waals surface area contributed by atoms with E-state index in [0.717, 1.165) is 17.3 Å². The fourth-order valence-corrected chi connectivity index (χ4v) is 3.09. The van der Waals surface area contributed by atoms with Crippen LogP contribution in [0.2, 0.25) is 0 Å². The summed E-state index contributed by atoms with van der Waals surface area (Å²) in [4.78, 5) is 15.3. The number of hydrogen-bond acceptors (Lipinski definition) is 5. The minimum absolute atomic E-state index is 0.0781. The van der Waals surface area contributed by atoms with E-state index in [-0.39, 0.29) is 11.8 Å². The minimum atomic E-state index is -0.270. The van der Waals surface area contributed by atoms with Crippen molar-refractivity contribution >= 4 is 45.9 Å². The summed E-state index contributed by atoms with van der Waals surface area (Å²) >= 11 is 8.11. The highest BCUT2D eigenvalue weighted by atomic mass is 35.5. The smallest absolute Gasteiger partial charge is 0.241 e. The van der Waals surface area contributed by atoms with Crippen LogP contribution in [0.3, 0.4) is 0 Å². The predicted molar refractivity (Wildman–Crippen MR) is 80.0 cm³/mol. The number of amides is 1. The number of benzene rings is 1. The van der Waals surface area contributed by atoms with Gasteiger partial charge in [-0.25, -0.2) is 0 Å². The van der Waals surface area contributed by atoms with Crippen LogP contribution in [0, 0.1) is 6.92 Å². The summed E-state index contributed by atoms with van der Waals surface area (Å²) in [5.41, 5.74) is 2.51. The zero-order valence-electron chi connectivity index (χ0n) is 10.2. The Hall–Kier alpha value is -1.11. The third-order valence-corrected chi connectivity index (χ3v) is 4.28. The number of nitrogens with one attached hydrogen (secondary N) is 1. The number of carbonyl (C=O) groups excluding carboxylic acids is 1. The second kappa shape index (κ2) is 6.88. The molecule has 0 aliphatic heterocycles. The first kappa shape index (κ1) is 14.3. The van der Waals surface area contributed by atoms with Crippen LogP contribution in [-0.4, -0.2) is 21.1 Å². The number of carbonyl (C=O) groups is 1. The predicted octanol–water partition coefficient (Wildman–Crippen LogP) is 3.32. The maximum Gasteiger partial charge on any atom is 0.241 e. The second-order valence-corrected chi connectivity index (χ2v) is 5.74. The average molecular weight is 314 g/mol. The summed E-state index contributed by atoms with van der Waals surface area (Å²) in [5, 5.41) is 3.73. The van der Waals surface area contributed by atoms with Gasteiger partial charge in [0, 0.05) is 17.3 Å². The molecule has 0 saturated heterocycles. The molecule has 1 N–H and O–H groups in total. The monoisotopic (exact) mass is 313 g/mol. The van der Waals surface area contributed by atoms with Crippen molar-refractivity contribution in [2.45, 2.75) is 17.8 Å². The third kappa shape index (κ3) is 4.19. The molecule has 7 heteroatoms. The lowest BCUT2D eigenvalue weighted by atomic mass is 10.1. The van der Waals surface area contributed by atoms with Crippen molar-refractivity contribution in [3.63, 3.8) is 0 Å². The van der Waals surface area contributed by atoms with E-state index in [2.05, 4.69) is 33.7 Å². The van der Waals surface area contributed by atoms with Gasteiger partial charge in [0.05, 0.1) is 0 Å². The van der Waals surface area contributed by atoms with Crippen molar-refractivity contribution in [2.75, 3.05) is 11.2 Å². The highest BCUT2D eigenvalue weighted by molar-refractivity contribution is 7.98. The van der Waals surface area contributed by atoms with E-state index in [9.17, 15) is 4.79 Å². The Labute approximate surface area is 124 Å². The normalized spacial score (nSPS) is 10.4. The molecule has 0 radical (unpaired) electrons. The molecule has 100 valence electrons. The molecule has 0 unspecified atom stereocenters. The Morgan fingerprint density at radius 2 is 2.26 bits per heavy atom. The first-order chi connectivity index (χ1) is 9.19. The maximum absolute atomic E-state index is 11.1. The largest absolute Gasteiger partial charge is 0.300 e. The van der Waals surface area contributed by atoms with E-state index >= 15 is 0 Å². The zero-order valence-corrected chi connectivity index (χ0v) is 12.6. The Bertz CT molecular complexity index is 574. The average Bonchev–Trinajstić information content (AvgIpc) is 2.85. The van der Waals surface area contributed by atoms with Gasteiger partial charge in [0.1, 0.15) is 5.88 Å². The molecule has 0 bridgehead atoms. The molecule has 1 amide bonds. The molecule has 0 fully saturated rings. The standard InChI is InChI=1S/C12H12ClN3OS2/c1-8-4-2-3-5-9(8)7-18-12-15-11(19-16-12)14-10(17)6-13/h2-5H,6-7H2,1H3,(H,14,15,16,17). The van der Waals surface area contributed by atoms with E-state index in [1.165, 1.54) is 11.1 Å². The van der Waals surface area contributed by atoms with E-state index in [1.807, 2.05) is 12.1 Å². The summed E-state index contributed by atoms with van der Waals surface area (Å²) < 4.78 is 4.18. The molecule has 2 aromatic rings. The van der Waals surface area contributed by atoms with Crippen molar-refractivity contribution in [1.82, 2.24) is 9.36 Å². The molecule has 0 atom stereocenters. The molecule has 0 spiro atoms. The zero-order chi connectivity index (χ0) is 13.7. The Morgan fingerprint density at radius 3 is 3.00 bits per heavy atom. The lowest BCUT2D eigenvalue weighted by Gasteiger charge is -2.02. The number of alkyl halides is 1. The molecule has 19 heavy (non-hydrogen) atoms. The van der Waals surface area contributed by atoms with Crippen LogP contribution in [-0.2, 0) is 10.5 Å².